The predicted molar refractivity (Wildman–Crippen MR) is 67.9 cm³/mol. The van der Waals surface area contributed by atoms with Gasteiger partial charge in [-0.05, 0) is 18.5 Å². The van der Waals surface area contributed by atoms with Crippen LogP contribution in [0.5, 0.6) is 0 Å². The van der Waals surface area contributed by atoms with Crippen LogP contribution in [0.2, 0.25) is 0 Å². The number of unbranched alkanes of at least 4 members (excludes halogenated alkanes) is 1. The maximum atomic E-state index is 3.34. The van der Waals surface area contributed by atoms with Crippen LogP contribution in [0.4, 0.5) is 0 Å². The summed E-state index contributed by atoms with van der Waals surface area (Å²) in [5, 5.41) is 3.34. The van der Waals surface area contributed by atoms with E-state index in [1.165, 1.54) is 24.8 Å². The molecule has 0 heterocycles. The molecule has 1 aliphatic carbocycles. The van der Waals surface area contributed by atoms with Crippen LogP contribution >= 0.6 is 0 Å². The fourth-order valence-corrected chi connectivity index (χ4v) is 1.84. The van der Waals surface area contributed by atoms with Gasteiger partial charge in [-0.3, -0.25) is 0 Å². The summed E-state index contributed by atoms with van der Waals surface area (Å²) in [6.07, 6.45) is 15.1. The Morgan fingerprint density at radius 1 is 1.33 bits per heavy atom. The van der Waals surface area contributed by atoms with E-state index < -0.39 is 0 Å². The molecule has 0 aromatic carbocycles. The van der Waals surface area contributed by atoms with Crippen molar-refractivity contribution >= 4 is 0 Å². The fourth-order valence-electron chi connectivity index (χ4n) is 1.84. The molecule has 0 aromatic rings. The van der Waals surface area contributed by atoms with Gasteiger partial charge >= 0.3 is 0 Å². The largest absolute Gasteiger partial charge is 0.314 e. The number of hydrogen-bond donors (Lipinski definition) is 1. The molecule has 1 nitrogen and oxygen atoms in total. The van der Waals surface area contributed by atoms with Crippen molar-refractivity contribution in [3.8, 4) is 0 Å². The molecule has 15 heavy (non-hydrogen) atoms. The monoisotopic (exact) mass is 205 g/mol. The van der Waals surface area contributed by atoms with E-state index in [-0.39, 0.29) is 0 Å². The summed E-state index contributed by atoms with van der Waals surface area (Å²) in [6, 6.07) is 0. The van der Waals surface area contributed by atoms with Crippen molar-refractivity contribution in [3.63, 3.8) is 0 Å². The van der Waals surface area contributed by atoms with Crippen LogP contribution in [0.15, 0.2) is 36.0 Å². The van der Waals surface area contributed by atoms with Crippen molar-refractivity contribution in [2.45, 2.75) is 33.1 Å². The van der Waals surface area contributed by atoms with Crippen LogP contribution < -0.4 is 5.32 Å². The molecule has 0 fully saturated rings. The first-order valence-electron chi connectivity index (χ1n) is 6.14. The van der Waals surface area contributed by atoms with Crippen molar-refractivity contribution in [2.75, 3.05) is 13.1 Å². The molecule has 0 saturated carbocycles. The summed E-state index contributed by atoms with van der Waals surface area (Å²) in [6.45, 7) is 6.43. The van der Waals surface area contributed by atoms with Gasteiger partial charge in [0.2, 0.25) is 0 Å². The van der Waals surface area contributed by atoms with Gasteiger partial charge in [-0.1, -0.05) is 57.1 Å². The molecule has 1 rings (SSSR count). The lowest BCUT2D eigenvalue weighted by atomic mass is 9.89. The molecule has 1 unspecified atom stereocenters. The predicted octanol–water partition coefficient (Wildman–Crippen LogP) is 3.45. The highest BCUT2D eigenvalue weighted by atomic mass is 14.8. The summed E-state index contributed by atoms with van der Waals surface area (Å²) in [7, 11) is 0. The number of hydrogen-bond acceptors (Lipinski definition) is 1. The van der Waals surface area contributed by atoms with Gasteiger partial charge in [0.25, 0.3) is 0 Å². The first kappa shape index (κ1) is 12.3. The quantitative estimate of drug-likeness (QED) is 0.655. The van der Waals surface area contributed by atoms with E-state index in [0.717, 1.165) is 13.1 Å². The molecular weight excluding hydrogens is 182 g/mol. The van der Waals surface area contributed by atoms with Gasteiger partial charge in [-0.25, -0.2) is 0 Å². The maximum absolute atomic E-state index is 3.34. The summed E-state index contributed by atoms with van der Waals surface area (Å²) in [4.78, 5) is 0. The van der Waals surface area contributed by atoms with Crippen molar-refractivity contribution in [1.29, 1.82) is 0 Å². The molecule has 1 aliphatic rings. The first-order chi connectivity index (χ1) is 7.38. The highest BCUT2D eigenvalue weighted by Crippen LogP contribution is 2.23. The highest BCUT2D eigenvalue weighted by molar-refractivity contribution is 5.33. The molecule has 0 saturated heterocycles. The Bertz CT molecular complexity index is 248. The molecule has 84 valence electrons. The van der Waals surface area contributed by atoms with Crippen LogP contribution in [0, 0.1) is 5.92 Å². The second-order valence-corrected chi connectivity index (χ2v) is 4.00. The Morgan fingerprint density at radius 3 is 2.93 bits per heavy atom. The molecule has 0 aliphatic heterocycles. The van der Waals surface area contributed by atoms with Gasteiger partial charge in [0.05, 0.1) is 0 Å². The third-order valence-electron chi connectivity index (χ3n) is 2.77. The zero-order valence-electron chi connectivity index (χ0n) is 10.00. The van der Waals surface area contributed by atoms with Crippen LogP contribution in [0.25, 0.3) is 0 Å². The molecule has 1 heteroatoms. The van der Waals surface area contributed by atoms with Crippen molar-refractivity contribution in [2.24, 2.45) is 5.92 Å². The highest BCUT2D eigenvalue weighted by Gasteiger charge is 2.09. The van der Waals surface area contributed by atoms with E-state index in [1.807, 2.05) is 0 Å². The Balaban J connectivity index is 2.47. The minimum absolute atomic E-state index is 0.647. The van der Waals surface area contributed by atoms with Gasteiger partial charge in [-0.15, -0.1) is 0 Å². The molecule has 1 N–H and O–H groups in total. The van der Waals surface area contributed by atoms with Crippen molar-refractivity contribution in [1.82, 2.24) is 5.32 Å². The number of rotatable bonds is 6. The van der Waals surface area contributed by atoms with Crippen LogP contribution in [-0.4, -0.2) is 13.1 Å². The number of allylic oxidation sites excluding steroid dienone is 5. The molecule has 0 radical (unpaired) electrons. The third-order valence-corrected chi connectivity index (χ3v) is 2.77. The zero-order valence-corrected chi connectivity index (χ0v) is 10.00. The standard InChI is InChI=1S/C14H23N/c1-3-5-8-13-9-6-7-10-14(13)11-12-15-4-2/h6-7,9-11,13,15H,3-5,8,12H2,1-2H3/b14-11-. The third kappa shape index (κ3) is 4.48. The topological polar surface area (TPSA) is 12.0 Å². The SMILES string of the molecule is CCCCC1C=CC=C/C1=C/CNCC. The molecule has 0 amide bonds. The first-order valence-corrected chi connectivity index (χ1v) is 6.14. The van der Waals surface area contributed by atoms with E-state index in [2.05, 4.69) is 49.5 Å². The van der Waals surface area contributed by atoms with E-state index >= 15 is 0 Å². The van der Waals surface area contributed by atoms with Gasteiger partial charge in [0.15, 0.2) is 0 Å². The summed E-state index contributed by atoms with van der Waals surface area (Å²) in [5.41, 5.74) is 1.48. The second-order valence-electron chi connectivity index (χ2n) is 4.00. The molecule has 0 aromatic heterocycles. The normalized spacial score (nSPS) is 22.5. The van der Waals surface area contributed by atoms with Crippen LogP contribution in [-0.2, 0) is 0 Å². The minimum atomic E-state index is 0.647. The smallest absolute Gasteiger partial charge is 0.0140 e. The maximum Gasteiger partial charge on any atom is 0.0140 e. The lowest BCUT2D eigenvalue weighted by molar-refractivity contribution is 0.621. The van der Waals surface area contributed by atoms with Crippen LogP contribution in [0.1, 0.15) is 33.1 Å². The van der Waals surface area contributed by atoms with E-state index in [0.29, 0.717) is 5.92 Å². The molecular formula is C14H23N. The molecule has 1 atom stereocenters. The average Bonchev–Trinajstić information content (AvgIpc) is 2.28. The van der Waals surface area contributed by atoms with Crippen molar-refractivity contribution < 1.29 is 0 Å². The van der Waals surface area contributed by atoms with E-state index in [1.54, 1.807) is 0 Å². The van der Waals surface area contributed by atoms with Gasteiger partial charge in [0.1, 0.15) is 0 Å². The van der Waals surface area contributed by atoms with Crippen LogP contribution in [0.3, 0.4) is 0 Å². The number of nitrogens with one attached hydrogen (secondary N) is 1. The van der Waals surface area contributed by atoms with E-state index in [4.69, 9.17) is 0 Å². The second kappa shape index (κ2) is 7.47. The zero-order chi connectivity index (χ0) is 10.9. The van der Waals surface area contributed by atoms with Gasteiger partial charge in [0, 0.05) is 12.5 Å². The van der Waals surface area contributed by atoms with Gasteiger partial charge < -0.3 is 5.32 Å². The Hall–Kier alpha value is -0.820. The van der Waals surface area contributed by atoms with Gasteiger partial charge in [-0.2, -0.15) is 0 Å². The lowest BCUT2D eigenvalue weighted by Gasteiger charge is -2.16. The lowest BCUT2D eigenvalue weighted by Crippen LogP contribution is -2.13. The molecule has 0 bridgehead atoms. The molecule has 0 spiro atoms. The summed E-state index contributed by atoms with van der Waals surface area (Å²) < 4.78 is 0. The van der Waals surface area contributed by atoms with E-state index in [9.17, 15) is 0 Å². The Morgan fingerprint density at radius 2 is 2.20 bits per heavy atom. The Kier molecular flexibility index (Phi) is 6.10. The minimum Gasteiger partial charge on any atom is -0.314 e. The summed E-state index contributed by atoms with van der Waals surface area (Å²) in [5.74, 6) is 0.647. The average molecular weight is 205 g/mol. The Labute approximate surface area is 94.0 Å². The number of likely N-dealkylation sites (N-methyl/N-ethyl adjacent to an activating group) is 1. The summed E-state index contributed by atoms with van der Waals surface area (Å²) >= 11 is 0. The van der Waals surface area contributed by atoms with Crippen molar-refractivity contribution in [3.05, 3.63) is 36.0 Å². The fraction of sp³-hybridized carbons (Fsp3) is 0.571.